The van der Waals surface area contributed by atoms with E-state index < -0.39 is 17.7 Å². The molecule has 20 heavy (non-hydrogen) atoms. The maximum Gasteiger partial charge on any atom is 0.263 e. The van der Waals surface area contributed by atoms with Crippen molar-refractivity contribution in [3.05, 3.63) is 29.8 Å². The van der Waals surface area contributed by atoms with Crippen molar-refractivity contribution in [3.8, 4) is 5.75 Å². The second-order valence-corrected chi connectivity index (χ2v) is 4.96. The molecule has 1 saturated heterocycles. The summed E-state index contributed by atoms with van der Waals surface area (Å²) in [6.45, 7) is 4.46. The molecular formula is C14H18F2N2O2. The van der Waals surface area contributed by atoms with E-state index in [1.807, 2.05) is 7.05 Å². The minimum absolute atomic E-state index is 0.110. The van der Waals surface area contributed by atoms with Crippen molar-refractivity contribution in [2.24, 2.45) is 0 Å². The van der Waals surface area contributed by atoms with Crippen molar-refractivity contribution in [2.45, 2.75) is 13.0 Å². The molecule has 6 heteroatoms. The smallest absolute Gasteiger partial charge is 0.263 e. The second-order valence-electron chi connectivity index (χ2n) is 4.96. The highest BCUT2D eigenvalue weighted by molar-refractivity contribution is 5.81. The molecule has 1 aliphatic rings. The predicted molar refractivity (Wildman–Crippen MR) is 70.5 cm³/mol. The number of ether oxygens (including phenoxy) is 1. The Labute approximate surface area is 116 Å². The standard InChI is InChI=1S/C14H18F2N2O2/c1-10(14(19)18-7-5-17(2)6-8-18)20-13-4-3-11(15)9-12(13)16/h3-4,9-10H,5-8H2,1-2H3. The summed E-state index contributed by atoms with van der Waals surface area (Å²) < 4.78 is 31.6. The summed E-state index contributed by atoms with van der Waals surface area (Å²) in [6, 6.07) is 3.03. The molecule has 1 aliphatic heterocycles. The van der Waals surface area contributed by atoms with E-state index in [0.717, 1.165) is 25.2 Å². The highest BCUT2D eigenvalue weighted by atomic mass is 19.1. The average Bonchev–Trinajstić information content (AvgIpc) is 2.42. The molecule has 0 N–H and O–H groups in total. The SMILES string of the molecule is CC(Oc1ccc(F)cc1F)C(=O)N1CCN(C)CC1. The molecule has 1 amide bonds. The lowest BCUT2D eigenvalue weighted by atomic mass is 10.2. The molecule has 0 bridgehead atoms. The van der Waals surface area contributed by atoms with E-state index in [0.29, 0.717) is 13.1 Å². The zero-order valence-corrected chi connectivity index (χ0v) is 11.6. The number of benzene rings is 1. The van der Waals surface area contributed by atoms with Crippen LogP contribution in [0.3, 0.4) is 0 Å². The van der Waals surface area contributed by atoms with E-state index in [4.69, 9.17) is 4.74 Å². The number of piperazine rings is 1. The van der Waals surface area contributed by atoms with E-state index in [2.05, 4.69) is 4.90 Å². The number of amides is 1. The van der Waals surface area contributed by atoms with Crippen LogP contribution in [0.25, 0.3) is 0 Å². The fourth-order valence-electron chi connectivity index (χ4n) is 2.10. The van der Waals surface area contributed by atoms with Crippen LogP contribution in [0.5, 0.6) is 5.75 Å². The average molecular weight is 284 g/mol. The lowest BCUT2D eigenvalue weighted by Crippen LogP contribution is -2.50. The number of nitrogens with zero attached hydrogens (tertiary/aromatic N) is 2. The third-order valence-corrected chi connectivity index (χ3v) is 3.36. The van der Waals surface area contributed by atoms with Gasteiger partial charge in [-0.15, -0.1) is 0 Å². The van der Waals surface area contributed by atoms with E-state index in [1.165, 1.54) is 6.07 Å². The summed E-state index contributed by atoms with van der Waals surface area (Å²) in [5.74, 6) is -1.76. The van der Waals surface area contributed by atoms with Crippen molar-refractivity contribution in [1.82, 2.24) is 9.80 Å². The zero-order valence-electron chi connectivity index (χ0n) is 11.6. The Hall–Kier alpha value is -1.69. The van der Waals surface area contributed by atoms with Crippen LogP contribution in [0.4, 0.5) is 8.78 Å². The number of hydrogen-bond donors (Lipinski definition) is 0. The first-order valence-electron chi connectivity index (χ1n) is 6.56. The molecule has 1 heterocycles. The molecule has 1 atom stereocenters. The molecule has 0 aliphatic carbocycles. The molecule has 0 radical (unpaired) electrons. The summed E-state index contributed by atoms with van der Waals surface area (Å²) in [5, 5.41) is 0. The summed E-state index contributed by atoms with van der Waals surface area (Å²) in [6.07, 6.45) is -0.793. The monoisotopic (exact) mass is 284 g/mol. The van der Waals surface area contributed by atoms with Crippen LogP contribution in [-0.4, -0.2) is 55.0 Å². The van der Waals surface area contributed by atoms with Crippen molar-refractivity contribution in [1.29, 1.82) is 0 Å². The Morgan fingerprint density at radius 1 is 1.25 bits per heavy atom. The second kappa shape index (κ2) is 6.17. The van der Waals surface area contributed by atoms with Crippen molar-refractivity contribution < 1.29 is 18.3 Å². The van der Waals surface area contributed by atoms with Gasteiger partial charge in [0.15, 0.2) is 17.7 Å². The lowest BCUT2D eigenvalue weighted by molar-refractivity contribution is -0.139. The first kappa shape index (κ1) is 14.7. The molecule has 0 spiro atoms. The Kier molecular flexibility index (Phi) is 4.54. The fourth-order valence-corrected chi connectivity index (χ4v) is 2.10. The molecule has 0 aromatic heterocycles. The van der Waals surface area contributed by atoms with Crippen molar-refractivity contribution in [2.75, 3.05) is 33.2 Å². The summed E-state index contributed by atoms with van der Waals surface area (Å²) in [4.78, 5) is 16.0. The molecule has 4 nitrogen and oxygen atoms in total. The fraction of sp³-hybridized carbons (Fsp3) is 0.500. The minimum Gasteiger partial charge on any atom is -0.478 e. The van der Waals surface area contributed by atoms with Gasteiger partial charge in [-0.1, -0.05) is 0 Å². The molecule has 1 unspecified atom stereocenters. The van der Waals surface area contributed by atoms with Gasteiger partial charge in [-0.3, -0.25) is 4.79 Å². The van der Waals surface area contributed by atoms with E-state index in [-0.39, 0.29) is 11.7 Å². The third kappa shape index (κ3) is 3.45. The Bertz CT molecular complexity index is 488. The van der Waals surface area contributed by atoms with Crippen molar-refractivity contribution >= 4 is 5.91 Å². The zero-order chi connectivity index (χ0) is 14.7. The number of carbonyl (C=O) groups is 1. The van der Waals surface area contributed by atoms with Gasteiger partial charge in [-0.25, -0.2) is 8.78 Å². The van der Waals surface area contributed by atoms with Gasteiger partial charge in [0.2, 0.25) is 0 Å². The Balaban J connectivity index is 1.97. The lowest BCUT2D eigenvalue weighted by Gasteiger charge is -2.33. The molecule has 2 rings (SSSR count). The van der Waals surface area contributed by atoms with Crippen molar-refractivity contribution in [3.63, 3.8) is 0 Å². The highest BCUT2D eigenvalue weighted by Gasteiger charge is 2.25. The molecule has 0 saturated carbocycles. The topological polar surface area (TPSA) is 32.8 Å². The van der Waals surface area contributed by atoms with Crippen LogP contribution < -0.4 is 4.74 Å². The van der Waals surface area contributed by atoms with Gasteiger partial charge in [-0.2, -0.15) is 0 Å². The molecule has 1 fully saturated rings. The molecular weight excluding hydrogens is 266 g/mol. The van der Waals surface area contributed by atoms with E-state index in [9.17, 15) is 13.6 Å². The van der Waals surface area contributed by atoms with Gasteiger partial charge >= 0.3 is 0 Å². The molecule has 110 valence electrons. The van der Waals surface area contributed by atoms with Gasteiger partial charge in [0.05, 0.1) is 0 Å². The Morgan fingerprint density at radius 2 is 1.90 bits per heavy atom. The molecule has 1 aromatic rings. The largest absolute Gasteiger partial charge is 0.478 e. The number of rotatable bonds is 3. The maximum absolute atomic E-state index is 13.5. The van der Waals surface area contributed by atoms with E-state index in [1.54, 1.807) is 11.8 Å². The summed E-state index contributed by atoms with van der Waals surface area (Å²) in [5.41, 5.74) is 0. The van der Waals surface area contributed by atoms with Crippen LogP contribution in [0.2, 0.25) is 0 Å². The third-order valence-electron chi connectivity index (χ3n) is 3.36. The molecule has 1 aromatic carbocycles. The van der Waals surface area contributed by atoms with Gasteiger partial charge < -0.3 is 14.5 Å². The van der Waals surface area contributed by atoms with Gasteiger partial charge in [0, 0.05) is 32.2 Å². The van der Waals surface area contributed by atoms with Crippen LogP contribution in [0.1, 0.15) is 6.92 Å². The van der Waals surface area contributed by atoms with Crippen LogP contribution >= 0.6 is 0 Å². The van der Waals surface area contributed by atoms with E-state index >= 15 is 0 Å². The first-order valence-corrected chi connectivity index (χ1v) is 6.56. The quantitative estimate of drug-likeness (QED) is 0.843. The van der Waals surface area contributed by atoms with Crippen LogP contribution in [-0.2, 0) is 4.79 Å². The number of halogens is 2. The number of hydrogen-bond acceptors (Lipinski definition) is 3. The number of carbonyl (C=O) groups excluding carboxylic acids is 1. The highest BCUT2D eigenvalue weighted by Crippen LogP contribution is 2.19. The predicted octanol–water partition coefficient (Wildman–Crippen LogP) is 1.51. The Morgan fingerprint density at radius 3 is 2.50 bits per heavy atom. The first-order chi connectivity index (χ1) is 9.47. The van der Waals surface area contributed by atoms with Crippen LogP contribution in [0, 0.1) is 11.6 Å². The van der Waals surface area contributed by atoms with Gasteiger partial charge in [-0.05, 0) is 26.1 Å². The minimum atomic E-state index is -0.803. The number of likely N-dealkylation sites (N-methyl/N-ethyl adjacent to an activating group) is 1. The summed E-state index contributed by atoms with van der Waals surface area (Å²) in [7, 11) is 2.00. The van der Waals surface area contributed by atoms with Gasteiger partial charge in [0.1, 0.15) is 5.82 Å². The normalized spacial score (nSPS) is 17.9. The summed E-state index contributed by atoms with van der Waals surface area (Å²) >= 11 is 0. The maximum atomic E-state index is 13.5. The van der Waals surface area contributed by atoms with Gasteiger partial charge in [0.25, 0.3) is 5.91 Å². The van der Waals surface area contributed by atoms with Crippen LogP contribution in [0.15, 0.2) is 18.2 Å².